The highest BCUT2D eigenvalue weighted by Crippen LogP contribution is 2.07. The molecule has 0 aromatic carbocycles. The van der Waals surface area contributed by atoms with Crippen molar-refractivity contribution in [3.05, 3.63) is 0 Å². The third kappa shape index (κ3) is 4.19. The number of carbonyl (C=O) groups excluding carboxylic acids is 1. The molecular weight excluding hydrogens is 170 g/mol. The minimum atomic E-state index is -0.736. The molecule has 1 amide bonds. The van der Waals surface area contributed by atoms with Crippen LogP contribution in [0, 0.1) is 0 Å². The largest absolute Gasteiger partial charge is 0.368 e. The molecule has 0 heterocycles. The molecule has 11 heavy (non-hydrogen) atoms. The van der Waals surface area contributed by atoms with Gasteiger partial charge in [-0.1, -0.05) is 0 Å². The average Bonchev–Trinajstić information content (AvgIpc) is 1.99. The van der Waals surface area contributed by atoms with Crippen molar-refractivity contribution < 1.29 is 14.3 Å². The Balaban J connectivity index is 3.71. The van der Waals surface area contributed by atoms with Crippen molar-refractivity contribution in [1.29, 1.82) is 0 Å². The van der Waals surface area contributed by atoms with E-state index in [9.17, 15) is 4.79 Å². The fourth-order valence-corrected chi connectivity index (χ4v) is 0.719. The molecule has 0 spiro atoms. The van der Waals surface area contributed by atoms with Crippen LogP contribution in [0.2, 0.25) is 0 Å². The molecule has 0 aromatic heterocycles. The van der Waals surface area contributed by atoms with Crippen LogP contribution >= 0.6 is 11.6 Å². The van der Waals surface area contributed by atoms with Crippen LogP contribution < -0.4 is 5.73 Å². The predicted octanol–water partition coefficient (Wildman–Crippen LogP) is 0.0881. The normalized spacial score (nSPS) is 13.5. The lowest BCUT2D eigenvalue weighted by molar-refractivity contribution is -0.125. The molecule has 1 unspecified atom stereocenters. The molecule has 0 radical (unpaired) electrons. The first-order valence-electron chi connectivity index (χ1n) is 3.10. The number of hydrogen-bond donors (Lipinski definition) is 1. The maximum absolute atomic E-state index is 10.4. The maximum Gasteiger partial charge on any atom is 0.235 e. The number of alkyl halides is 1. The van der Waals surface area contributed by atoms with Gasteiger partial charge in [-0.2, -0.15) is 0 Å². The van der Waals surface area contributed by atoms with E-state index in [1.54, 1.807) is 0 Å². The molecule has 0 fully saturated rings. The third-order valence-corrected chi connectivity index (χ3v) is 1.63. The van der Waals surface area contributed by atoms with Gasteiger partial charge in [-0.05, 0) is 0 Å². The second kappa shape index (κ2) is 5.35. The Bertz CT molecular complexity index is 127. The van der Waals surface area contributed by atoms with Crippen molar-refractivity contribution in [2.24, 2.45) is 5.73 Å². The van der Waals surface area contributed by atoms with Gasteiger partial charge >= 0.3 is 0 Å². The molecular formula is C6H12ClNO3. The highest BCUT2D eigenvalue weighted by Gasteiger charge is 2.17. The quantitative estimate of drug-likeness (QED) is 0.483. The Kier molecular flexibility index (Phi) is 5.19. The van der Waals surface area contributed by atoms with Crippen molar-refractivity contribution >= 4 is 17.5 Å². The summed E-state index contributed by atoms with van der Waals surface area (Å²) in [7, 11) is 2.94. The van der Waals surface area contributed by atoms with Crippen LogP contribution in [0.4, 0.5) is 0 Å². The summed E-state index contributed by atoms with van der Waals surface area (Å²) in [5.41, 5.74) is 4.91. The molecule has 0 aliphatic heterocycles. The summed E-state index contributed by atoms with van der Waals surface area (Å²) in [4.78, 5) is 10.4. The fourth-order valence-electron chi connectivity index (χ4n) is 0.574. The first kappa shape index (κ1) is 10.7. The highest BCUT2D eigenvalue weighted by atomic mass is 35.5. The zero-order valence-corrected chi connectivity index (χ0v) is 7.30. The number of hydrogen-bond acceptors (Lipinski definition) is 3. The summed E-state index contributed by atoms with van der Waals surface area (Å²) in [6, 6.07) is 0. The van der Waals surface area contributed by atoms with Crippen LogP contribution in [0.3, 0.4) is 0 Å². The van der Waals surface area contributed by atoms with Crippen molar-refractivity contribution in [1.82, 2.24) is 0 Å². The number of ether oxygens (including phenoxy) is 2. The van der Waals surface area contributed by atoms with Crippen molar-refractivity contribution in [2.75, 3.05) is 14.2 Å². The van der Waals surface area contributed by atoms with Gasteiger partial charge in [0, 0.05) is 20.6 Å². The number of nitrogens with two attached hydrogens (primary N) is 1. The number of carbonyl (C=O) groups is 1. The second-order valence-corrected chi connectivity index (χ2v) is 2.53. The molecule has 0 saturated carbocycles. The minimum Gasteiger partial charge on any atom is -0.368 e. The number of halogens is 1. The van der Waals surface area contributed by atoms with E-state index < -0.39 is 17.6 Å². The van der Waals surface area contributed by atoms with E-state index in [0.717, 1.165) is 0 Å². The van der Waals surface area contributed by atoms with Gasteiger partial charge in [0.25, 0.3) is 0 Å². The molecule has 4 nitrogen and oxygen atoms in total. The summed E-state index contributed by atoms with van der Waals surface area (Å²) < 4.78 is 9.61. The summed E-state index contributed by atoms with van der Waals surface area (Å²) in [5.74, 6) is -0.564. The zero-order chi connectivity index (χ0) is 8.85. The van der Waals surface area contributed by atoms with Crippen molar-refractivity contribution in [2.45, 2.75) is 18.1 Å². The van der Waals surface area contributed by atoms with Crippen LogP contribution in [0.5, 0.6) is 0 Å². The molecule has 0 bridgehead atoms. The topological polar surface area (TPSA) is 61.5 Å². The Morgan fingerprint density at radius 2 is 2.00 bits per heavy atom. The van der Waals surface area contributed by atoms with Gasteiger partial charge in [-0.15, -0.1) is 11.6 Å². The van der Waals surface area contributed by atoms with Gasteiger partial charge < -0.3 is 15.2 Å². The monoisotopic (exact) mass is 181 g/mol. The number of rotatable bonds is 5. The van der Waals surface area contributed by atoms with E-state index in [0.29, 0.717) is 0 Å². The molecule has 0 aromatic rings. The van der Waals surface area contributed by atoms with Gasteiger partial charge in [-0.3, -0.25) is 4.79 Å². The standard InChI is InChI=1S/C6H12ClNO3/c1-10-5(11-2)3-4(7)6(8)9/h4-5H,3H2,1-2H3,(H2,8,9). The summed E-state index contributed by atoms with van der Waals surface area (Å²) in [5, 5.41) is -0.736. The SMILES string of the molecule is COC(CC(Cl)C(N)=O)OC. The van der Waals surface area contributed by atoms with Crippen molar-refractivity contribution in [3.63, 3.8) is 0 Å². The first-order valence-corrected chi connectivity index (χ1v) is 3.54. The Hall–Kier alpha value is -0.320. The lowest BCUT2D eigenvalue weighted by Crippen LogP contribution is -2.29. The van der Waals surface area contributed by atoms with Crippen LogP contribution in [0.1, 0.15) is 6.42 Å². The second-order valence-electron chi connectivity index (χ2n) is 2.01. The van der Waals surface area contributed by atoms with E-state index in [1.165, 1.54) is 14.2 Å². The van der Waals surface area contributed by atoms with E-state index >= 15 is 0 Å². The van der Waals surface area contributed by atoms with E-state index in [4.69, 9.17) is 26.8 Å². The number of methoxy groups -OCH3 is 2. The Morgan fingerprint density at radius 1 is 1.55 bits per heavy atom. The van der Waals surface area contributed by atoms with Gasteiger partial charge in [0.1, 0.15) is 5.38 Å². The van der Waals surface area contributed by atoms with Gasteiger partial charge in [0.15, 0.2) is 6.29 Å². The molecule has 5 heteroatoms. The Labute approximate surface area is 70.6 Å². The van der Waals surface area contributed by atoms with E-state index in [1.807, 2.05) is 0 Å². The zero-order valence-electron chi connectivity index (χ0n) is 6.54. The van der Waals surface area contributed by atoms with E-state index in [-0.39, 0.29) is 6.42 Å². The summed E-state index contributed by atoms with van der Waals surface area (Å²) >= 11 is 5.53. The summed E-state index contributed by atoms with van der Waals surface area (Å²) in [6.07, 6.45) is -0.200. The Morgan fingerprint density at radius 3 is 2.27 bits per heavy atom. The van der Waals surface area contributed by atoms with Crippen LogP contribution in [-0.4, -0.2) is 31.8 Å². The fraction of sp³-hybridized carbons (Fsp3) is 0.833. The minimum absolute atomic E-state index is 0.268. The van der Waals surface area contributed by atoms with Gasteiger partial charge in [0.05, 0.1) is 0 Å². The molecule has 1 atom stereocenters. The van der Waals surface area contributed by atoms with E-state index in [2.05, 4.69) is 0 Å². The molecule has 0 aliphatic carbocycles. The highest BCUT2D eigenvalue weighted by molar-refractivity contribution is 6.30. The van der Waals surface area contributed by atoms with Crippen molar-refractivity contribution in [3.8, 4) is 0 Å². The lowest BCUT2D eigenvalue weighted by atomic mass is 10.3. The first-order chi connectivity index (χ1) is 5.11. The smallest absolute Gasteiger partial charge is 0.235 e. The number of amides is 1. The van der Waals surface area contributed by atoms with Crippen LogP contribution in [0.15, 0.2) is 0 Å². The maximum atomic E-state index is 10.4. The average molecular weight is 182 g/mol. The molecule has 0 aliphatic rings. The lowest BCUT2D eigenvalue weighted by Gasteiger charge is -2.14. The predicted molar refractivity (Wildman–Crippen MR) is 41.3 cm³/mol. The molecule has 2 N–H and O–H groups in total. The number of primary amides is 1. The molecule has 66 valence electrons. The molecule has 0 rings (SSSR count). The van der Waals surface area contributed by atoms with Gasteiger partial charge in [-0.25, -0.2) is 0 Å². The van der Waals surface area contributed by atoms with Crippen LogP contribution in [0.25, 0.3) is 0 Å². The van der Waals surface area contributed by atoms with Crippen LogP contribution in [-0.2, 0) is 14.3 Å². The summed E-state index contributed by atoms with van der Waals surface area (Å²) in [6.45, 7) is 0. The van der Waals surface area contributed by atoms with Gasteiger partial charge in [0.2, 0.25) is 5.91 Å². The third-order valence-electron chi connectivity index (χ3n) is 1.23. The molecule has 0 saturated heterocycles.